The molecule has 0 aliphatic heterocycles. The summed E-state index contributed by atoms with van der Waals surface area (Å²) in [5.41, 5.74) is 0.692. The zero-order chi connectivity index (χ0) is 18.6. The monoisotopic (exact) mass is 382 g/mol. The van der Waals surface area contributed by atoms with E-state index in [0.717, 1.165) is 5.56 Å². The molecule has 1 amide bonds. The van der Waals surface area contributed by atoms with Gasteiger partial charge in [-0.05, 0) is 43.7 Å². The van der Waals surface area contributed by atoms with Crippen molar-refractivity contribution in [2.45, 2.75) is 26.0 Å². The SMILES string of the molecule is C[C@@H](Oc1ccc([N+](=O)[O-])cc1)C(=O)N[C@H](C)c1ccc(Cl)cc1Cl. The highest BCUT2D eigenvalue weighted by atomic mass is 35.5. The van der Waals surface area contributed by atoms with Crippen LogP contribution in [0.5, 0.6) is 5.75 Å². The first kappa shape index (κ1) is 19.0. The summed E-state index contributed by atoms with van der Waals surface area (Å²) >= 11 is 12.0. The Labute approximate surface area is 154 Å². The van der Waals surface area contributed by atoms with E-state index in [4.69, 9.17) is 27.9 Å². The highest BCUT2D eigenvalue weighted by molar-refractivity contribution is 6.35. The molecule has 0 saturated heterocycles. The molecule has 0 spiro atoms. The predicted molar refractivity (Wildman–Crippen MR) is 96.2 cm³/mol. The van der Waals surface area contributed by atoms with E-state index in [-0.39, 0.29) is 17.6 Å². The number of nitrogens with zero attached hydrogens (tertiary/aromatic N) is 1. The Hall–Kier alpha value is -2.31. The number of ether oxygens (including phenoxy) is 1. The molecule has 2 atom stereocenters. The Bertz CT molecular complexity index is 781. The Balaban J connectivity index is 1.98. The second-order valence-corrected chi connectivity index (χ2v) is 6.25. The van der Waals surface area contributed by atoms with Crippen LogP contribution >= 0.6 is 23.2 Å². The van der Waals surface area contributed by atoms with E-state index in [1.807, 2.05) is 0 Å². The molecule has 132 valence electrons. The van der Waals surface area contributed by atoms with Crippen LogP contribution in [0.3, 0.4) is 0 Å². The summed E-state index contributed by atoms with van der Waals surface area (Å²) in [7, 11) is 0. The lowest BCUT2D eigenvalue weighted by Gasteiger charge is -2.20. The van der Waals surface area contributed by atoms with Gasteiger partial charge in [0.1, 0.15) is 5.75 Å². The molecule has 8 heteroatoms. The number of nitrogens with one attached hydrogen (secondary N) is 1. The first-order valence-electron chi connectivity index (χ1n) is 7.44. The van der Waals surface area contributed by atoms with Gasteiger partial charge in [-0.2, -0.15) is 0 Å². The highest BCUT2D eigenvalue weighted by Crippen LogP contribution is 2.26. The number of rotatable bonds is 6. The first-order chi connectivity index (χ1) is 11.8. The predicted octanol–water partition coefficient (Wildman–Crippen LogP) is 4.55. The Morgan fingerprint density at radius 3 is 2.36 bits per heavy atom. The smallest absolute Gasteiger partial charge is 0.269 e. The third kappa shape index (κ3) is 5.08. The van der Waals surface area contributed by atoms with Crippen molar-refractivity contribution in [1.29, 1.82) is 0 Å². The molecule has 6 nitrogen and oxygen atoms in total. The molecule has 0 fully saturated rings. The minimum atomic E-state index is -0.782. The fourth-order valence-electron chi connectivity index (χ4n) is 2.17. The van der Waals surface area contributed by atoms with E-state index in [1.54, 1.807) is 32.0 Å². The second kappa shape index (κ2) is 8.18. The Morgan fingerprint density at radius 2 is 1.80 bits per heavy atom. The van der Waals surface area contributed by atoms with Crippen LogP contribution in [0.15, 0.2) is 42.5 Å². The standard InChI is InChI=1S/C17H16Cl2N2O4/c1-10(15-8-3-12(18)9-16(15)19)20-17(22)11(2)25-14-6-4-13(5-7-14)21(23)24/h3-11H,1-2H3,(H,20,22)/t10-,11-/m1/s1. The van der Waals surface area contributed by atoms with Crippen LogP contribution in [0.25, 0.3) is 0 Å². The molecular weight excluding hydrogens is 367 g/mol. The van der Waals surface area contributed by atoms with Crippen LogP contribution in [0.1, 0.15) is 25.5 Å². The fourth-order valence-corrected chi connectivity index (χ4v) is 2.74. The van der Waals surface area contributed by atoms with Crippen molar-refractivity contribution in [3.63, 3.8) is 0 Å². The summed E-state index contributed by atoms with van der Waals surface area (Å²) in [6.45, 7) is 3.39. The van der Waals surface area contributed by atoms with Crippen LogP contribution in [-0.4, -0.2) is 16.9 Å². The van der Waals surface area contributed by atoms with E-state index in [0.29, 0.717) is 15.8 Å². The molecule has 0 aliphatic rings. The molecule has 2 aromatic carbocycles. The quantitative estimate of drug-likeness (QED) is 0.586. The second-order valence-electron chi connectivity index (χ2n) is 5.41. The van der Waals surface area contributed by atoms with E-state index < -0.39 is 11.0 Å². The van der Waals surface area contributed by atoms with Crippen molar-refractivity contribution < 1.29 is 14.5 Å². The van der Waals surface area contributed by atoms with Gasteiger partial charge in [0.25, 0.3) is 11.6 Å². The summed E-state index contributed by atoms with van der Waals surface area (Å²) in [6.07, 6.45) is -0.782. The number of hydrogen-bond acceptors (Lipinski definition) is 4. The van der Waals surface area contributed by atoms with Gasteiger partial charge < -0.3 is 10.1 Å². The number of carbonyl (C=O) groups is 1. The number of carbonyl (C=O) groups excluding carboxylic acids is 1. The van der Waals surface area contributed by atoms with Gasteiger partial charge in [0.2, 0.25) is 0 Å². The van der Waals surface area contributed by atoms with E-state index >= 15 is 0 Å². The number of benzene rings is 2. The van der Waals surface area contributed by atoms with Gasteiger partial charge >= 0.3 is 0 Å². The average molecular weight is 383 g/mol. The van der Waals surface area contributed by atoms with Crippen molar-refractivity contribution in [2.75, 3.05) is 0 Å². The lowest BCUT2D eigenvalue weighted by Crippen LogP contribution is -2.37. The molecule has 25 heavy (non-hydrogen) atoms. The molecule has 0 saturated carbocycles. The third-order valence-electron chi connectivity index (χ3n) is 3.52. The van der Waals surface area contributed by atoms with E-state index in [9.17, 15) is 14.9 Å². The van der Waals surface area contributed by atoms with Crippen LogP contribution in [0, 0.1) is 10.1 Å². The summed E-state index contributed by atoms with van der Waals surface area (Å²) in [6, 6.07) is 10.2. The number of amides is 1. The molecule has 0 unspecified atom stereocenters. The maximum atomic E-state index is 12.3. The molecule has 0 aromatic heterocycles. The van der Waals surface area contributed by atoms with Gasteiger partial charge in [-0.15, -0.1) is 0 Å². The number of nitro benzene ring substituents is 1. The van der Waals surface area contributed by atoms with Crippen molar-refractivity contribution >= 4 is 34.8 Å². The normalized spacial score (nSPS) is 13.0. The summed E-state index contributed by atoms with van der Waals surface area (Å²) < 4.78 is 5.51. The van der Waals surface area contributed by atoms with Gasteiger partial charge in [-0.1, -0.05) is 29.3 Å². The van der Waals surface area contributed by atoms with E-state index in [1.165, 1.54) is 24.3 Å². The maximum absolute atomic E-state index is 12.3. The summed E-state index contributed by atoms with van der Waals surface area (Å²) in [4.78, 5) is 22.4. The van der Waals surface area contributed by atoms with Crippen LogP contribution in [0.4, 0.5) is 5.69 Å². The molecular formula is C17H16Cl2N2O4. The number of nitro groups is 1. The third-order valence-corrected chi connectivity index (χ3v) is 4.08. The molecule has 0 bridgehead atoms. The number of hydrogen-bond donors (Lipinski definition) is 1. The summed E-state index contributed by atoms with van der Waals surface area (Å²) in [5.74, 6) is 0.0299. The molecule has 0 aliphatic carbocycles. The van der Waals surface area contributed by atoms with Crippen LogP contribution < -0.4 is 10.1 Å². The average Bonchev–Trinajstić information content (AvgIpc) is 2.55. The topological polar surface area (TPSA) is 81.5 Å². The minimum absolute atomic E-state index is 0.0459. The molecule has 0 heterocycles. The molecule has 2 aromatic rings. The van der Waals surface area contributed by atoms with Crippen molar-refractivity contribution in [3.05, 3.63) is 68.2 Å². The number of halogens is 2. The van der Waals surface area contributed by atoms with Gasteiger partial charge in [0, 0.05) is 22.2 Å². The highest BCUT2D eigenvalue weighted by Gasteiger charge is 2.19. The van der Waals surface area contributed by atoms with E-state index in [2.05, 4.69) is 5.32 Å². The van der Waals surface area contributed by atoms with Crippen LogP contribution in [-0.2, 0) is 4.79 Å². The zero-order valence-electron chi connectivity index (χ0n) is 13.5. The number of non-ortho nitro benzene ring substituents is 1. The molecule has 2 rings (SSSR count). The largest absolute Gasteiger partial charge is 0.481 e. The lowest BCUT2D eigenvalue weighted by molar-refractivity contribution is -0.384. The Kier molecular flexibility index (Phi) is 6.22. The van der Waals surface area contributed by atoms with Gasteiger partial charge in [-0.3, -0.25) is 14.9 Å². The fraction of sp³-hybridized carbons (Fsp3) is 0.235. The lowest BCUT2D eigenvalue weighted by atomic mass is 10.1. The van der Waals surface area contributed by atoms with Crippen molar-refractivity contribution in [3.8, 4) is 5.75 Å². The molecule has 0 radical (unpaired) electrons. The molecule has 1 N–H and O–H groups in total. The van der Waals surface area contributed by atoms with Crippen LogP contribution in [0.2, 0.25) is 10.0 Å². The summed E-state index contributed by atoms with van der Waals surface area (Å²) in [5, 5.41) is 14.4. The minimum Gasteiger partial charge on any atom is -0.481 e. The maximum Gasteiger partial charge on any atom is 0.269 e. The first-order valence-corrected chi connectivity index (χ1v) is 8.20. The van der Waals surface area contributed by atoms with Gasteiger partial charge in [0.15, 0.2) is 6.10 Å². The van der Waals surface area contributed by atoms with Crippen molar-refractivity contribution in [1.82, 2.24) is 5.32 Å². The zero-order valence-corrected chi connectivity index (χ0v) is 15.0. The van der Waals surface area contributed by atoms with Crippen molar-refractivity contribution in [2.24, 2.45) is 0 Å². The van der Waals surface area contributed by atoms with Gasteiger partial charge in [0.05, 0.1) is 11.0 Å². The Morgan fingerprint density at radius 1 is 1.16 bits per heavy atom. The van der Waals surface area contributed by atoms with Gasteiger partial charge in [-0.25, -0.2) is 0 Å².